The first-order valence-electron chi connectivity index (χ1n) is 5.28. The van der Waals surface area contributed by atoms with Gasteiger partial charge in [0.1, 0.15) is 0 Å². The molecule has 0 atom stereocenters. The lowest BCUT2D eigenvalue weighted by atomic mass is 10.2. The normalized spacial score (nSPS) is 11.3. The highest BCUT2D eigenvalue weighted by atomic mass is 32.1. The first-order valence-corrected chi connectivity index (χ1v) is 6.10. The molecule has 0 saturated heterocycles. The summed E-state index contributed by atoms with van der Waals surface area (Å²) in [5, 5.41) is 13.3. The Bertz CT molecular complexity index is 393. The van der Waals surface area contributed by atoms with Gasteiger partial charge in [-0.1, -0.05) is 11.3 Å². The number of amides is 1. The Kier molecular flexibility index (Phi) is 5.32. The van der Waals surface area contributed by atoms with Crippen LogP contribution in [-0.4, -0.2) is 35.9 Å². The van der Waals surface area contributed by atoms with E-state index in [2.05, 4.69) is 20.8 Å². The predicted molar refractivity (Wildman–Crippen MR) is 61.7 cm³/mol. The van der Waals surface area contributed by atoms with Crippen molar-refractivity contribution in [3.8, 4) is 0 Å². The van der Waals surface area contributed by atoms with E-state index >= 15 is 0 Å². The molecule has 0 unspecified atom stereocenters. The number of aromatic nitrogens is 2. The van der Waals surface area contributed by atoms with Gasteiger partial charge < -0.3 is 10.6 Å². The number of nitrogens with one attached hydrogen (secondary N) is 2. The molecular weight excluding hydrogens is 269 g/mol. The highest BCUT2D eigenvalue weighted by molar-refractivity contribution is 7.17. The van der Waals surface area contributed by atoms with Gasteiger partial charge in [-0.2, -0.15) is 13.2 Å². The summed E-state index contributed by atoms with van der Waals surface area (Å²) in [5.41, 5.74) is 0. The van der Waals surface area contributed by atoms with Crippen LogP contribution in [0.15, 0.2) is 0 Å². The fourth-order valence-corrected chi connectivity index (χ4v) is 1.76. The van der Waals surface area contributed by atoms with Gasteiger partial charge in [0.15, 0.2) is 0 Å². The molecule has 1 aromatic rings. The fraction of sp³-hybridized carbons (Fsp3) is 0.667. The zero-order valence-electron chi connectivity index (χ0n) is 9.67. The largest absolute Gasteiger partial charge is 0.389 e. The van der Waals surface area contributed by atoms with E-state index in [-0.39, 0.29) is 24.4 Å². The van der Waals surface area contributed by atoms with Crippen LogP contribution < -0.4 is 10.6 Å². The monoisotopic (exact) mass is 282 g/mol. The van der Waals surface area contributed by atoms with E-state index in [0.29, 0.717) is 5.13 Å². The van der Waals surface area contributed by atoms with Gasteiger partial charge in [0.25, 0.3) is 5.91 Å². The molecule has 18 heavy (non-hydrogen) atoms. The van der Waals surface area contributed by atoms with Gasteiger partial charge in [-0.3, -0.25) is 4.79 Å². The quantitative estimate of drug-likeness (QED) is 0.784. The molecule has 0 aliphatic carbocycles. The molecule has 5 nitrogen and oxygen atoms in total. The summed E-state index contributed by atoms with van der Waals surface area (Å²) in [6.07, 6.45) is -4.68. The number of halogens is 3. The molecule has 0 aliphatic heterocycles. The molecule has 0 fully saturated rings. The molecule has 0 aromatic carbocycles. The maximum absolute atomic E-state index is 11.8. The van der Waals surface area contributed by atoms with Crippen LogP contribution in [0.25, 0.3) is 0 Å². The lowest BCUT2D eigenvalue weighted by molar-refractivity contribution is -0.135. The van der Waals surface area contributed by atoms with Crippen LogP contribution in [0.1, 0.15) is 29.1 Å². The Morgan fingerprint density at radius 3 is 2.61 bits per heavy atom. The first kappa shape index (κ1) is 14.7. The number of hydrogen-bond donors (Lipinski definition) is 2. The zero-order valence-corrected chi connectivity index (χ0v) is 10.5. The number of rotatable bonds is 6. The van der Waals surface area contributed by atoms with E-state index in [1.54, 1.807) is 7.05 Å². The average Bonchev–Trinajstić information content (AvgIpc) is 2.75. The minimum Gasteiger partial charge on any atom is -0.363 e. The van der Waals surface area contributed by atoms with Crippen molar-refractivity contribution in [2.75, 3.05) is 18.9 Å². The molecule has 102 valence electrons. The standard InChI is InChI=1S/C9H13F3N4OS/c1-13-8-16-15-7(18-8)6(17)14-5-3-2-4-9(10,11)12/h2-5H2,1H3,(H,13,16)(H,14,17). The molecule has 9 heteroatoms. The van der Waals surface area contributed by atoms with Gasteiger partial charge in [0, 0.05) is 20.0 Å². The van der Waals surface area contributed by atoms with E-state index in [1.165, 1.54) is 0 Å². The molecule has 1 rings (SSSR count). The number of carbonyl (C=O) groups is 1. The van der Waals surface area contributed by atoms with Crippen molar-refractivity contribution in [3.05, 3.63) is 5.01 Å². The highest BCUT2D eigenvalue weighted by Gasteiger charge is 2.25. The smallest absolute Gasteiger partial charge is 0.363 e. The Labute approximate surface area is 106 Å². The Hall–Kier alpha value is -1.38. The van der Waals surface area contributed by atoms with E-state index in [0.717, 1.165) is 11.3 Å². The molecule has 1 heterocycles. The molecule has 0 saturated carbocycles. The van der Waals surface area contributed by atoms with Crippen LogP contribution in [0.4, 0.5) is 18.3 Å². The second kappa shape index (κ2) is 6.53. The van der Waals surface area contributed by atoms with Gasteiger partial charge in [0.05, 0.1) is 0 Å². The van der Waals surface area contributed by atoms with Crippen molar-refractivity contribution in [3.63, 3.8) is 0 Å². The summed E-state index contributed by atoms with van der Waals surface area (Å²) in [7, 11) is 1.65. The molecule has 1 aromatic heterocycles. The van der Waals surface area contributed by atoms with Gasteiger partial charge in [-0.05, 0) is 12.8 Å². The second-order valence-corrected chi connectivity index (χ2v) is 4.47. The third-order valence-electron chi connectivity index (χ3n) is 2.01. The van der Waals surface area contributed by atoms with Crippen molar-refractivity contribution in [2.45, 2.75) is 25.4 Å². The van der Waals surface area contributed by atoms with Crippen LogP contribution >= 0.6 is 11.3 Å². The van der Waals surface area contributed by atoms with Crippen LogP contribution in [0.2, 0.25) is 0 Å². The van der Waals surface area contributed by atoms with E-state index in [1.807, 2.05) is 0 Å². The van der Waals surface area contributed by atoms with Crippen LogP contribution in [0, 0.1) is 0 Å². The van der Waals surface area contributed by atoms with Crippen LogP contribution in [0.5, 0.6) is 0 Å². The molecule has 1 amide bonds. The predicted octanol–water partition coefficient (Wildman–Crippen LogP) is 2.04. The summed E-state index contributed by atoms with van der Waals surface area (Å²) >= 11 is 1.08. The molecular formula is C9H13F3N4OS. The molecule has 2 N–H and O–H groups in total. The van der Waals surface area contributed by atoms with Crippen LogP contribution in [-0.2, 0) is 0 Å². The summed E-state index contributed by atoms with van der Waals surface area (Å²) in [5.74, 6) is -0.416. The number of unbranched alkanes of at least 4 members (excludes halogenated alkanes) is 1. The summed E-state index contributed by atoms with van der Waals surface area (Å²) in [6.45, 7) is 0.198. The number of anilines is 1. The number of nitrogens with zero attached hydrogens (tertiary/aromatic N) is 2. The third-order valence-corrected chi connectivity index (χ3v) is 2.95. The van der Waals surface area contributed by atoms with Crippen molar-refractivity contribution in [2.24, 2.45) is 0 Å². The maximum atomic E-state index is 11.8. The van der Waals surface area contributed by atoms with Crippen molar-refractivity contribution < 1.29 is 18.0 Å². The summed E-state index contributed by atoms with van der Waals surface area (Å²) < 4.78 is 35.5. The lowest BCUT2D eigenvalue weighted by Gasteiger charge is -2.05. The van der Waals surface area contributed by atoms with Crippen molar-refractivity contribution in [1.82, 2.24) is 15.5 Å². The average molecular weight is 282 g/mol. The van der Waals surface area contributed by atoms with Crippen molar-refractivity contribution >= 4 is 22.4 Å². The van der Waals surface area contributed by atoms with E-state index in [9.17, 15) is 18.0 Å². The Morgan fingerprint density at radius 2 is 2.06 bits per heavy atom. The minimum atomic E-state index is -4.13. The second-order valence-electron chi connectivity index (χ2n) is 3.49. The third kappa shape index (κ3) is 5.30. The first-order chi connectivity index (χ1) is 8.42. The molecule has 0 spiro atoms. The topological polar surface area (TPSA) is 66.9 Å². The van der Waals surface area contributed by atoms with Gasteiger partial charge >= 0.3 is 6.18 Å². The number of alkyl halides is 3. The fourth-order valence-electron chi connectivity index (χ4n) is 1.14. The molecule has 0 radical (unpaired) electrons. The van der Waals surface area contributed by atoms with Crippen molar-refractivity contribution in [1.29, 1.82) is 0 Å². The molecule has 0 bridgehead atoms. The highest BCUT2D eigenvalue weighted by Crippen LogP contribution is 2.21. The zero-order chi connectivity index (χ0) is 13.6. The lowest BCUT2D eigenvalue weighted by Crippen LogP contribution is -2.24. The Balaban J connectivity index is 2.21. The van der Waals surface area contributed by atoms with Gasteiger partial charge in [0.2, 0.25) is 10.1 Å². The minimum absolute atomic E-state index is 0.00165. The summed E-state index contributed by atoms with van der Waals surface area (Å²) in [4.78, 5) is 11.5. The van der Waals surface area contributed by atoms with E-state index < -0.39 is 18.5 Å². The number of carbonyl (C=O) groups excluding carboxylic acids is 1. The van der Waals surface area contributed by atoms with Gasteiger partial charge in [-0.25, -0.2) is 0 Å². The van der Waals surface area contributed by atoms with E-state index in [4.69, 9.17) is 0 Å². The summed E-state index contributed by atoms with van der Waals surface area (Å²) in [6, 6.07) is 0. The van der Waals surface area contributed by atoms with Crippen LogP contribution in [0.3, 0.4) is 0 Å². The van der Waals surface area contributed by atoms with Gasteiger partial charge in [-0.15, -0.1) is 10.2 Å². The number of hydrogen-bond acceptors (Lipinski definition) is 5. The molecule has 0 aliphatic rings. The Morgan fingerprint density at radius 1 is 1.33 bits per heavy atom. The maximum Gasteiger partial charge on any atom is 0.389 e. The SMILES string of the molecule is CNc1nnc(C(=O)NCCCCC(F)(F)F)s1.